The number of aryl methyl sites for hydroxylation is 1. The topological polar surface area (TPSA) is 60.8 Å². The molecule has 0 spiro atoms. The summed E-state index contributed by atoms with van der Waals surface area (Å²) in [5.74, 6) is 0.0429. The van der Waals surface area contributed by atoms with Crippen molar-refractivity contribution in [2.75, 3.05) is 32.7 Å². The second-order valence-electron chi connectivity index (χ2n) is 7.40. The van der Waals surface area contributed by atoms with E-state index in [1.807, 2.05) is 36.9 Å². The zero-order valence-corrected chi connectivity index (χ0v) is 16.5. The van der Waals surface area contributed by atoms with Crippen molar-refractivity contribution in [3.63, 3.8) is 0 Å². The highest BCUT2D eigenvalue weighted by atomic mass is 16.3. The van der Waals surface area contributed by atoms with Gasteiger partial charge in [0, 0.05) is 11.3 Å². The number of aromatic nitrogens is 1. The molecule has 1 aromatic heterocycles. The van der Waals surface area contributed by atoms with Crippen LogP contribution in [0.15, 0.2) is 36.4 Å². The number of hydrogen-bond acceptors (Lipinski definition) is 2. The van der Waals surface area contributed by atoms with Crippen LogP contribution in [0.2, 0.25) is 0 Å². The molecule has 0 unspecified atom stereocenters. The minimum Gasteiger partial charge on any atom is -0.389 e. The van der Waals surface area contributed by atoms with Crippen LogP contribution in [0, 0.1) is 13.8 Å². The molecule has 1 aromatic carbocycles. The van der Waals surface area contributed by atoms with E-state index in [4.69, 9.17) is 0 Å². The second kappa shape index (κ2) is 8.55. The third-order valence-electron chi connectivity index (χ3n) is 5.40. The predicted octanol–water partition coefficient (Wildman–Crippen LogP) is 1.74. The first-order chi connectivity index (χ1) is 13.0. The van der Waals surface area contributed by atoms with E-state index in [2.05, 4.69) is 29.3 Å². The quantitative estimate of drug-likeness (QED) is 0.753. The van der Waals surface area contributed by atoms with Crippen molar-refractivity contribution in [3.8, 4) is 0 Å². The van der Waals surface area contributed by atoms with Gasteiger partial charge in [-0.2, -0.15) is 0 Å². The van der Waals surface area contributed by atoms with E-state index in [-0.39, 0.29) is 5.91 Å². The molecule has 1 atom stereocenters. The summed E-state index contributed by atoms with van der Waals surface area (Å²) in [5, 5.41) is 9.94. The zero-order valence-electron chi connectivity index (χ0n) is 16.5. The van der Waals surface area contributed by atoms with Crippen molar-refractivity contribution in [1.82, 2.24) is 9.88 Å². The summed E-state index contributed by atoms with van der Waals surface area (Å²) in [7, 11) is 0. The molecule has 3 N–H and O–H groups in total. The van der Waals surface area contributed by atoms with Gasteiger partial charge in [-0.3, -0.25) is 4.79 Å². The third kappa shape index (κ3) is 4.49. The summed E-state index contributed by atoms with van der Waals surface area (Å²) in [6.07, 6.45) is 3.81. The molecule has 3 rings (SSSR count). The van der Waals surface area contributed by atoms with Crippen molar-refractivity contribution < 1.29 is 14.8 Å². The first kappa shape index (κ1) is 19.4. The fraction of sp³-hybridized carbons (Fsp3) is 0.409. The van der Waals surface area contributed by atoms with Crippen LogP contribution in [0.5, 0.6) is 0 Å². The van der Waals surface area contributed by atoms with Gasteiger partial charge in [0.1, 0.15) is 5.69 Å². The van der Waals surface area contributed by atoms with Crippen molar-refractivity contribution >= 4 is 12.0 Å². The normalized spacial score (nSPS) is 16.8. The molecule has 5 nitrogen and oxygen atoms in total. The Morgan fingerprint density at radius 3 is 2.52 bits per heavy atom. The number of carbonyl (C=O) groups excluding carboxylic acids is 1. The summed E-state index contributed by atoms with van der Waals surface area (Å²) in [4.78, 5) is 19.5. The number of aliphatic hydroxyl groups excluding tert-OH is 1. The fourth-order valence-corrected chi connectivity index (χ4v) is 3.92. The number of carbonyl (C=O) groups is 1. The number of benzene rings is 1. The maximum atomic E-state index is 12.9. The first-order valence-electron chi connectivity index (χ1n) is 9.69. The summed E-state index contributed by atoms with van der Waals surface area (Å²) < 4.78 is 0. The van der Waals surface area contributed by atoms with Gasteiger partial charge >= 0.3 is 0 Å². The van der Waals surface area contributed by atoms with Gasteiger partial charge < -0.3 is 19.9 Å². The van der Waals surface area contributed by atoms with Gasteiger partial charge in [0.2, 0.25) is 0 Å². The van der Waals surface area contributed by atoms with E-state index >= 15 is 0 Å². The van der Waals surface area contributed by atoms with E-state index in [0.717, 1.165) is 49.5 Å². The molecule has 0 bridgehead atoms. The van der Waals surface area contributed by atoms with Gasteiger partial charge in [-0.25, -0.2) is 0 Å². The Labute approximate surface area is 161 Å². The molecule has 0 aliphatic carbocycles. The molecule has 0 radical (unpaired) electrons. The minimum absolute atomic E-state index is 0.0429. The standard InChI is InChI=1S/C22H29N3O2/c1-16-20(18(3)26)17(2)23-21(16)22(27)25-14-12-24(13-15-25)11-7-10-19-8-5-4-6-9-19/h4-10,18,23,26H,11-15H2,1-3H3/p+1/b10-7+/t18-/m0/s1. The van der Waals surface area contributed by atoms with E-state index in [0.29, 0.717) is 5.69 Å². The molecule has 2 aromatic rings. The number of hydrogen-bond donors (Lipinski definition) is 3. The maximum absolute atomic E-state index is 12.9. The molecule has 27 heavy (non-hydrogen) atoms. The molecule has 0 saturated carbocycles. The molecule has 1 aliphatic heterocycles. The Kier molecular flexibility index (Phi) is 6.14. The number of rotatable bonds is 5. The van der Waals surface area contributed by atoms with Crippen LogP contribution < -0.4 is 4.90 Å². The number of piperazine rings is 1. The third-order valence-corrected chi connectivity index (χ3v) is 5.40. The van der Waals surface area contributed by atoms with E-state index in [9.17, 15) is 9.90 Å². The van der Waals surface area contributed by atoms with Crippen molar-refractivity contribution in [1.29, 1.82) is 0 Å². The number of nitrogens with one attached hydrogen (secondary N) is 2. The van der Waals surface area contributed by atoms with Crippen LogP contribution in [-0.2, 0) is 0 Å². The lowest BCUT2D eigenvalue weighted by Gasteiger charge is -2.31. The molecule has 1 aliphatic rings. The number of aromatic amines is 1. The SMILES string of the molecule is Cc1[nH]c(C(=O)N2CC[NH+](C/C=C/c3ccccc3)CC2)c(C)c1[C@H](C)O. The minimum atomic E-state index is -0.569. The highest BCUT2D eigenvalue weighted by Gasteiger charge is 2.27. The molecule has 2 heterocycles. The van der Waals surface area contributed by atoms with Gasteiger partial charge in [-0.15, -0.1) is 0 Å². The lowest BCUT2D eigenvalue weighted by atomic mass is 10.1. The fourth-order valence-electron chi connectivity index (χ4n) is 3.92. The molecule has 1 amide bonds. The van der Waals surface area contributed by atoms with Crippen LogP contribution >= 0.6 is 0 Å². The monoisotopic (exact) mass is 368 g/mol. The Morgan fingerprint density at radius 1 is 1.26 bits per heavy atom. The van der Waals surface area contributed by atoms with Gasteiger partial charge in [-0.1, -0.05) is 36.4 Å². The maximum Gasteiger partial charge on any atom is 0.270 e. The number of quaternary nitrogens is 1. The van der Waals surface area contributed by atoms with Crippen molar-refractivity contribution in [3.05, 3.63) is 64.5 Å². The number of H-pyrrole nitrogens is 1. The highest BCUT2D eigenvalue weighted by molar-refractivity contribution is 5.94. The summed E-state index contributed by atoms with van der Waals surface area (Å²) >= 11 is 0. The lowest BCUT2D eigenvalue weighted by molar-refractivity contribution is -0.898. The smallest absolute Gasteiger partial charge is 0.270 e. The summed E-state index contributed by atoms with van der Waals surface area (Å²) in [5.41, 5.74) is 4.43. The number of aliphatic hydroxyl groups is 1. The van der Waals surface area contributed by atoms with Gasteiger partial charge in [0.15, 0.2) is 0 Å². The van der Waals surface area contributed by atoms with E-state index in [1.165, 1.54) is 10.5 Å². The molecular weight excluding hydrogens is 338 g/mol. The lowest BCUT2D eigenvalue weighted by Crippen LogP contribution is -3.14. The first-order valence-corrected chi connectivity index (χ1v) is 9.69. The Bertz CT molecular complexity index is 800. The molecule has 1 saturated heterocycles. The number of amides is 1. The largest absolute Gasteiger partial charge is 0.389 e. The van der Waals surface area contributed by atoms with Crippen molar-refractivity contribution in [2.24, 2.45) is 0 Å². The average molecular weight is 369 g/mol. The number of nitrogens with zero attached hydrogens (tertiary/aromatic N) is 1. The molecule has 5 heteroatoms. The Balaban J connectivity index is 1.55. The predicted molar refractivity (Wildman–Crippen MR) is 108 cm³/mol. The van der Waals surface area contributed by atoms with Crippen LogP contribution in [0.1, 0.15) is 45.9 Å². The Morgan fingerprint density at radius 2 is 1.93 bits per heavy atom. The van der Waals surface area contributed by atoms with Crippen LogP contribution in [0.4, 0.5) is 0 Å². The van der Waals surface area contributed by atoms with Crippen LogP contribution in [-0.4, -0.2) is 53.6 Å². The van der Waals surface area contributed by atoms with Crippen LogP contribution in [0.3, 0.4) is 0 Å². The Hall–Kier alpha value is -2.37. The zero-order chi connectivity index (χ0) is 19.4. The summed E-state index contributed by atoms with van der Waals surface area (Å²) in [6, 6.07) is 10.3. The van der Waals surface area contributed by atoms with E-state index in [1.54, 1.807) is 6.92 Å². The van der Waals surface area contributed by atoms with Gasteiger partial charge in [0.05, 0.1) is 38.8 Å². The molecule has 144 valence electrons. The molecular formula is C22H30N3O2+. The second-order valence-corrected chi connectivity index (χ2v) is 7.40. The summed E-state index contributed by atoms with van der Waals surface area (Å²) in [6.45, 7) is 9.96. The molecule has 1 fully saturated rings. The highest BCUT2D eigenvalue weighted by Crippen LogP contribution is 2.25. The van der Waals surface area contributed by atoms with E-state index < -0.39 is 6.10 Å². The average Bonchev–Trinajstić information content (AvgIpc) is 2.97. The van der Waals surface area contributed by atoms with Crippen molar-refractivity contribution in [2.45, 2.75) is 26.9 Å². The van der Waals surface area contributed by atoms with Crippen LogP contribution in [0.25, 0.3) is 6.08 Å². The van der Waals surface area contributed by atoms with Gasteiger partial charge in [0.25, 0.3) is 5.91 Å². The van der Waals surface area contributed by atoms with Gasteiger partial charge in [-0.05, 0) is 38.0 Å².